The molecular weight excluding hydrogens is 470 g/mol. The van der Waals surface area contributed by atoms with Gasteiger partial charge in [0.25, 0.3) is 5.56 Å². The minimum Gasteiger partial charge on any atom is -0.465 e. The number of methoxy groups -OCH3 is 2. The molecule has 0 bridgehead atoms. The number of rotatable bonds is 5. The van der Waals surface area contributed by atoms with Crippen LogP contribution < -0.4 is 21.1 Å². The molecule has 1 fully saturated rings. The molecule has 2 aliphatic heterocycles. The van der Waals surface area contributed by atoms with Gasteiger partial charge >= 0.3 is 11.9 Å². The maximum absolute atomic E-state index is 13.2. The number of benzene rings is 1. The minimum atomic E-state index is -1.14. The number of aromatic nitrogens is 2. The van der Waals surface area contributed by atoms with Crippen LogP contribution in [0.25, 0.3) is 0 Å². The highest BCUT2D eigenvalue weighted by Gasteiger charge is 2.35. The molecule has 0 radical (unpaired) electrons. The van der Waals surface area contributed by atoms with Crippen LogP contribution in [0.5, 0.6) is 0 Å². The van der Waals surface area contributed by atoms with Crippen LogP contribution in [-0.4, -0.2) is 61.0 Å². The van der Waals surface area contributed by atoms with E-state index in [1.807, 2.05) is 4.90 Å². The standard InChI is InChI=1S/C24H27N5O7/c1-12-4-6-29(7-5-12)24-27-19-18(21(32)28-24)16(11-17(30)26-19)20(31)25-15-9-13(22(33)35-2)8-14(10-15)23(34)36-3/h8-10,12,16H,4-7,11H2,1-3H3,(H,25,31)(H2,26,27,28,30,32)/t16-/m0/s1. The Morgan fingerprint density at radius 1 is 1.03 bits per heavy atom. The molecule has 0 unspecified atom stereocenters. The third-order valence-corrected chi connectivity index (χ3v) is 6.38. The van der Waals surface area contributed by atoms with Crippen molar-refractivity contribution in [3.05, 3.63) is 45.2 Å². The molecule has 0 aliphatic carbocycles. The Morgan fingerprint density at radius 2 is 1.64 bits per heavy atom. The molecule has 1 atom stereocenters. The summed E-state index contributed by atoms with van der Waals surface area (Å²) in [5, 5.41) is 5.20. The van der Waals surface area contributed by atoms with Crippen molar-refractivity contribution in [2.75, 3.05) is 42.8 Å². The van der Waals surface area contributed by atoms with Crippen molar-refractivity contribution in [3.8, 4) is 0 Å². The number of amides is 2. The monoisotopic (exact) mass is 497 g/mol. The fourth-order valence-electron chi connectivity index (χ4n) is 4.35. The summed E-state index contributed by atoms with van der Waals surface area (Å²) in [5.41, 5.74) is -0.361. The minimum absolute atomic E-state index is 0.0116. The van der Waals surface area contributed by atoms with E-state index in [0.29, 0.717) is 11.9 Å². The average Bonchev–Trinajstić information content (AvgIpc) is 2.87. The van der Waals surface area contributed by atoms with E-state index in [0.717, 1.165) is 25.9 Å². The molecule has 3 N–H and O–H groups in total. The van der Waals surface area contributed by atoms with E-state index in [4.69, 9.17) is 9.47 Å². The van der Waals surface area contributed by atoms with Crippen molar-refractivity contribution in [2.24, 2.45) is 5.92 Å². The summed E-state index contributed by atoms with van der Waals surface area (Å²) in [5.74, 6) is -2.74. The number of esters is 2. The number of fused-ring (bicyclic) bond motifs is 1. The molecule has 2 amide bonds. The van der Waals surface area contributed by atoms with Crippen LogP contribution in [-0.2, 0) is 19.1 Å². The first kappa shape index (κ1) is 24.9. The van der Waals surface area contributed by atoms with Gasteiger partial charge in [0.15, 0.2) is 0 Å². The zero-order chi connectivity index (χ0) is 26.0. The number of H-pyrrole nitrogens is 1. The van der Waals surface area contributed by atoms with Gasteiger partial charge in [0.1, 0.15) is 5.82 Å². The lowest BCUT2D eigenvalue weighted by molar-refractivity contribution is -0.123. The van der Waals surface area contributed by atoms with Gasteiger partial charge in [-0.05, 0) is 37.0 Å². The van der Waals surface area contributed by atoms with Gasteiger partial charge in [0.2, 0.25) is 17.8 Å². The molecule has 3 heterocycles. The molecule has 190 valence electrons. The zero-order valence-corrected chi connectivity index (χ0v) is 20.2. The Hall–Kier alpha value is -4.22. The van der Waals surface area contributed by atoms with Gasteiger partial charge in [-0.15, -0.1) is 0 Å². The maximum atomic E-state index is 13.2. The lowest BCUT2D eigenvalue weighted by Gasteiger charge is -2.31. The number of ether oxygens (including phenoxy) is 2. The molecule has 1 saturated heterocycles. The van der Waals surface area contributed by atoms with Crippen molar-refractivity contribution in [3.63, 3.8) is 0 Å². The molecule has 0 spiro atoms. The van der Waals surface area contributed by atoms with Crippen molar-refractivity contribution in [2.45, 2.75) is 32.1 Å². The van der Waals surface area contributed by atoms with E-state index in [1.165, 1.54) is 32.4 Å². The van der Waals surface area contributed by atoms with Crippen molar-refractivity contribution in [1.29, 1.82) is 0 Å². The first-order valence-corrected chi connectivity index (χ1v) is 11.5. The van der Waals surface area contributed by atoms with Gasteiger partial charge in [-0.2, -0.15) is 4.98 Å². The molecule has 2 aromatic rings. The Kier molecular flexibility index (Phi) is 7.04. The molecule has 12 heteroatoms. The third-order valence-electron chi connectivity index (χ3n) is 6.38. The normalized spacial score (nSPS) is 17.6. The van der Waals surface area contributed by atoms with E-state index in [9.17, 15) is 24.0 Å². The number of hydrogen-bond donors (Lipinski definition) is 3. The van der Waals surface area contributed by atoms with E-state index in [1.54, 1.807) is 0 Å². The van der Waals surface area contributed by atoms with Crippen LogP contribution >= 0.6 is 0 Å². The second kappa shape index (κ2) is 10.2. The number of nitrogens with zero attached hydrogens (tertiary/aromatic N) is 2. The second-order valence-electron chi connectivity index (χ2n) is 8.90. The number of carbonyl (C=O) groups is 4. The van der Waals surface area contributed by atoms with Gasteiger partial charge in [0.05, 0.1) is 36.8 Å². The van der Waals surface area contributed by atoms with Crippen LogP contribution in [0.4, 0.5) is 17.5 Å². The number of anilines is 3. The summed E-state index contributed by atoms with van der Waals surface area (Å²) in [4.78, 5) is 72.0. The highest BCUT2D eigenvalue weighted by Crippen LogP contribution is 2.31. The summed E-state index contributed by atoms with van der Waals surface area (Å²) in [7, 11) is 2.36. The molecule has 2 aliphatic rings. The molecule has 12 nitrogen and oxygen atoms in total. The Morgan fingerprint density at radius 3 is 2.22 bits per heavy atom. The van der Waals surface area contributed by atoms with Gasteiger partial charge in [0, 0.05) is 25.2 Å². The molecule has 1 aromatic carbocycles. The highest BCUT2D eigenvalue weighted by atomic mass is 16.5. The fourth-order valence-corrected chi connectivity index (χ4v) is 4.35. The smallest absolute Gasteiger partial charge is 0.337 e. The summed E-state index contributed by atoms with van der Waals surface area (Å²) in [6.07, 6.45) is 1.64. The van der Waals surface area contributed by atoms with Crippen molar-refractivity contribution < 1.29 is 28.7 Å². The zero-order valence-electron chi connectivity index (χ0n) is 20.2. The predicted molar refractivity (Wildman–Crippen MR) is 129 cm³/mol. The largest absolute Gasteiger partial charge is 0.465 e. The number of nitrogens with one attached hydrogen (secondary N) is 3. The highest BCUT2D eigenvalue weighted by molar-refractivity contribution is 6.05. The summed E-state index contributed by atoms with van der Waals surface area (Å²) >= 11 is 0. The van der Waals surface area contributed by atoms with Crippen LogP contribution in [0.15, 0.2) is 23.0 Å². The first-order valence-electron chi connectivity index (χ1n) is 11.5. The Balaban J connectivity index is 1.65. The molecule has 36 heavy (non-hydrogen) atoms. The van der Waals surface area contributed by atoms with Crippen molar-refractivity contribution in [1.82, 2.24) is 9.97 Å². The summed E-state index contributed by atoms with van der Waals surface area (Å²) < 4.78 is 9.42. The van der Waals surface area contributed by atoms with Gasteiger partial charge in [-0.3, -0.25) is 19.4 Å². The van der Waals surface area contributed by atoms with Gasteiger partial charge in [-0.1, -0.05) is 6.92 Å². The Bertz CT molecular complexity index is 1250. The van der Waals surface area contributed by atoms with Crippen LogP contribution in [0.2, 0.25) is 0 Å². The third kappa shape index (κ3) is 5.07. The molecular formula is C24H27N5O7. The van der Waals surface area contributed by atoms with Crippen LogP contribution in [0.1, 0.15) is 58.4 Å². The number of hydrogen-bond acceptors (Lipinski definition) is 9. The molecule has 4 rings (SSSR count). The number of carbonyl (C=O) groups excluding carboxylic acids is 4. The predicted octanol–water partition coefficient (Wildman–Crippen LogP) is 1.64. The summed E-state index contributed by atoms with van der Waals surface area (Å²) in [6, 6.07) is 3.92. The Labute approximate surface area is 206 Å². The molecule has 1 aromatic heterocycles. The van der Waals surface area contributed by atoms with Crippen LogP contribution in [0.3, 0.4) is 0 Å². The van der Waals surface area contributed by atoms with Gasteiger partial charge < -0.3 is 25.0 Å². The lowest BCUT2D eigenvalue weighted by atomic mass is 9.92. The first-order chi connectivity index (χ1) is 17.2. The maximum Gasteiger partial charge on any atom is 0.337 e. The average molecular weight is 498 g/mol. The van der Waals surface area contributed by atoms with E-state index in [2.05, 4.69) is 27.5 Å². The fraction of sp³-hybridized carbons (Fsp3) is 0.417. The quantitative estimate of drug-likeness (QED) is 0.522. The topological polar surface area (TPSA) is 160 Å². The SMILES string of the molecule is COC(=O)c1cc(NC(=O)[C@H]2CC(=O)Nc3nc(N4CCC(C)CC4)[nH]c(=O)c32)cc(C(=O)OC)c1. The van der Waals surface area contributed by atoms with E-state index < -0.39 is 35.2 Å². The number of aromatic amines is 1. The second-order valence-corrected chi connectivity index (χ2v) is 8.90. The lowest BCUT2D eigenvalue weighted by Crippen LogP contribution is -2.39. The van der Waals surface area contributed by atoms with Crippen molar-refractivity contribution >= 4 is 41.2 Å². The van der Waals surface area contributed by atoms with E-state index in [-0.39, 0.29) is 34.6 Å². The van der Waals surface area contributed by atoms with Gasteiger partial charge in [-0.25, -0.2) is 9.59 Å². The summed E-state index contributed by atoms with van der Waals surface area (Å²) in [6.45, 7) is 3.61. The molecule has 0 saturated carbocycles. The van der Waals surface area contributed by atoms with Crippen LogP contribution in [0, 0.1) is 5.92 Å². The number of piperidine rings is 1. The van der Waals surface area contributed by atoms with E-state index >= 15 is 0 Å².